The summed E-state index contributed by atoms with van der Waals surface area (Å²) in [7, 11) is 0. The van der Waals surface area contributed by atoms with Crippen molar-refractivity contribution >= 4 is 34.8 Å². The van der Waals surface area contributed by atoms with Gasteiger partial charge in [-0.25, -0.2) is 0 Å². The summed E-state index contributed by atoms with van der Waals surface area (Å²) < 4.78 is 0. The van der Waals surface area contributed by atoms with Crippen LogP contribution >= 0.6 is 11.6 Å². The van der Waals surface area contributed by atoms with Gasteiger partial charge in [-0.15, -0.1) is 0 Å². The Labute approximate surface area is 139 Å². The van der Waals surface area contributed by atoms with Crippen LogP contribution in [-0.4, -0.2) is 18.4 Å². The molecule has 1 aliphatic carbocycles. The van der Waals surface area contributed by atoms with Gasteiger partial charge in [0, 0.05) is 10.9 Å². The highest BCUT2D eigenvalue weighted by molar-refractivity contribution is 6.31. The van der Waals surface area contributed by atoms with Gasteiger partial charge >= 0.3 is 0 Å². The largest absolute Gasteiger partial charge is 0.323 e. The van der Waals surface area contributed by atoms with Crippen molar-refractivity contribution in [2.45, 2.75) is 12.3 Å². The minimum Gasteiger partial charge on any atom is -0.323 e. The zero-order valence-corrected chi connectivity index (χ0v) is 13.1. The van der Waals surface area contributed by atoms with Crippen LogP contribution in [0.4, 0.5) is 11.4 Å². The Bertz CT molecular complexity index is 805. The van der Waals surface area contributed by atoms with Gasteiger partial charge in [-0.3, -0.25) is 9.59 Å². The summed E-state index contributed by atoms with van der Waals surface area (Å²) in [6, 6.07) is 15.0. The maximum absolute atomic E-state index is 12.9. The van der Waals surface area contributed by atoms with E-state index in [9.17, 15) is 9.59 Å². The van der Waals surface area contributed by atoms with Crippen LogP contribution in [0.3, 0.4) is 0 Å². The Balaban J connectivity index is 1.60. The van der Waals surface area contributed by atoms with E-state index in [0.717, 1.165) is 17.7 Å². The number of carbonyl (C=O) groups is 2. The zero-order valence-electron chi connectivity index (χ0n) is 12.3. The van der Waals surface area contributed by atoms with Crippen LogP contribution in [0.2, 0.25) is 5.02 Å². The number of nitrogens with zero attached hydrogens (tertiary/aromatic N) is 1. The summed E-state index contributed by atoms with van der Waals surface area (Å²) in [5.41, 5.74) is 2.47. The molecule has 1 fully saturated rings. The molecular formula is C18H15ClN2O2. The average molecular weight is 327 g/mol. The van der Waals surface area contributed by atoms with Crippen LogP contribution < -0.4 is 10.2 Å². The Kier molecular flexibility index (Phi) is 3.34. The number of carbonyl (C=O) groups excluding carboxylic acids is 2. The van der Waals surface area contributed by atoms with Crippen LogP contribution in [-0.2, 0) is 9.59 Å². The highest BCUT2D eigenvalue weighted by Gasteiger charge is 2.47. The molecule has 0 saturated heterocycles. The molecule has 2 amide bonds. The molecule has 2 aliphatic rings. The van der Waals surface area contributed by atoms with Gasteiger partial charge in [0.2, 0.25) is 11.8 Å². The van der Waals surface area contributed by atoms with E-state index in [1.165, 1.54) is 0 Å². The fraction of sp³-hybridized carbons (Fsp3) is 0.222. The molecule has 5 heteroatoms. The summed E-state index contributed by atoms with van der Waals surface area (Å²) in [6.45, 7) is 0.0710. The number of benzene rings is 2. The third-order valence-corrected chi connectivity index (χ3v) is 4.79. The summed E-state index contributed by atoms with van der Waals surface area (Å²) in [5.74, 6) is -0.119. The fourth-order valence-corrected chi connectivity index (χ4v) is 3.49. The van der Waals surface area contributed by atoms with Gasteiger partial charge in [-0.1, -0.05) is 41.9 Å². The first kappa shape index (κ1) is 14.3. The number of hydrogen-bond donors (Lipinski definition) is 1. The minimum absolute atomic E-state index is 0.00257. The molecule has 0 radical (unpaired) electrons. The van der Waals surface area contributed by atoms with Gasteiger partial charge < -0.3 is 10.2 Å². The molecule has 2 aromatic rings. The molecule has 2 unspecified atom stereocenters. The maximum Gasteiger partial charge on any atom is 0.244 e. The van der Waals surface area contributed by atoms with Crippen molar-refractivity contribution < 1.29 is 9.59 Å². The predicted molar refractivity (Wildman–Crippen MR) is 89.7 cm³/mol. The van der Waals surface area contributed by atoms with Gasteiger partial charge in [-0.2, -0.15) is 0 Å². The Morgan fingerprint density at radius 3 is 2.70 bits per heavy atom. The second-order valence-electron chi connectivity index (χ2n) is 5.96. The molecule has 0 bridgehead atoms. The normalized spacial score (nSPS) is 22.3. The monoisotopic (exact) mass is 326 g/mol. The first-order valence-electron chi connectivity index (χ1n) is 7.60. The van der Waals surface area contributed by atoms with E-state index in [-0.39, 0.29) is 30.2 Å². The molecule has 116 valence electrons. The third-order valence-electron chi connectivity index (χ3n) is 4.45. The average Bonchev–Trinajstić information content (AvgIpc) is 3.34. The van der Waals surface area contributed by atoms with E-state index in [0.29, 0.717) is 10.7 Å². The molecule has 1 N–H and O–H groups in total. The molecule has 2 aromatic carbocycles. The van der Waals surface area contributed by atoms with E-state index in [2.05, 4.69) is 5.32 Å². The standard InChI is InChI=1S/C18H15ClN2O2/c19-14-6-2-1-5-11(14)12-9-13(12)18(23)21-10-17(22)20-15-7-3-4-8-16(15)21/h1-8,12-13H,9-10H2,(H,20,22). The lowest BCUT2D eigenvalue weighted by Gasteiger charge is -2.29. The van der Waals surface area contributed by atoms with Gasteiger partial charge in [0.15, 0.2) is 0 Å². The first-order valence-corrected chi connectivity index (χ1v) is 7.97. The van der Waals surface area contributed by atoms with Crippen molar-refractivity contribution in [2.24, 2.45) is 5.92 Å². The molecule has 23 heavy (non-hydrogen) atoms. The van der Waals surface area contributed by atoms with E-state index < -0.39 is 0 Å². The third kappa shape index (κ3) is 2.49. The lowest BCUT2D eigenvalue weighted by atomic mass is 10.1. The van der Waals surface area contributed by atoms with Crippen LogP contribution in [0.1, 0.15) is 17.9 Å². The van der Waals surface area contributed by atoms with Crippen LogP contribution in [0.5, 0.6) is 0 Å². The summed E-state index contributed by atoms with van der Waals surface area (Å²) in [4.78, 5) is 26.3. The highest BCUT2D eigenvalue weighted by Crippen LogP contribution is 2.51. The van der Waals surface area contributed by atoms with Crippen molar-refractivity contribution in [1.29, 1.82) is 0 Å². The molecule has 1 aliphatic heterocycles. The van der Waals surface area contributed by atoms with Gasteiger partial charge in [0.05, 0.1) is 11.4 Å². The van der Waals surface area contributed by atoms with Gasteiger partial charge in [0.1, 0.15) is 6.54 Å². The topological polar surface area (TPSA) is 49.4 Å². The Morgan fingerprint density at radius 2 is 1.87 bits per heavy atom. The van der Waals surface area contributed by atoms with E-state index >= 15 is 0 Å². The first-order chi connectivity index (χ1) is 11.1. The smallest absolute Gasteiger partial charge is 0.244 e. The summed E-state index contributed by atoms with van der Waals surface area (Å²) >= 11 is 6.23. The minimum atomic E-state index is -0.160. The molecular weight excluding hydrogens is 312 g/mol. The number of halogens is 1. The molecule has 2 atom stereocenters. The zero-order chi connectivity index (χ0) is 16.0. The van der Waals surface area contributed by atoms with Crippen molar-refractivity contribution in [3.8, 4) is 0 Å². The summed E-state index contributed by atoms with van der Waals surface area (Å²) in [6.07, 6.45) is 0.781. The van der Waals surface area contributed by atoms with Crippen molar-refractivity contribution in [2.75, 3.05) is 16.8 Å². The number of rotatable bonds is 2. The van der Waals surface area contributed by atoms with E-state index in [1.54, 1.807) is 4.90 Å². The maximum atomic E-state index is 12.9. The second-order valence-corrected chi connectivity index (χ2v) is 6.37. The lowest BCUT2D eigenvalue weighted by molar-refractivity contribution is -0.122. The molecule has 0 spiro atoms. The molecule has 1 saturated carbocycles. The summed E-state index contributed by atoms with van der Waals surface area (Å²) in [5, 5.41) is 3.50. The number of fused-ring (bicyclic) bond motifs is 1. The predicted octanol–water partition coefficient (Wildman–Crippen LogP) is 3.43. The number of hydrogen-bond acceptors (Lipinski definition) is 2. The van der Waals surface area contributed by atoms with Crippen LogP contribution in [0, 0.1) is 5.92 Å². The SMILES string of the molecule is O=C1CN(C(=O)C2CC2c2ccccc2Cl)c2ccccc2N1. The highest BCUT2D eigenvalue weighted by atomic mass is 35.5. The molecule has 4 nitrogen and oxygen atoms in total. The molecule has 4 rings (SSSR count). The van der Waals surface area contributed by atoms with Crippen molar-refractivity contribution in [3.63, 3.8) is 0 Å². The van der Waals surface area contributed by atoms with Gasteiger partial charge in [-0.05, 0) is 36.1 Å². The quantitative estimate of drug-likeness (QED) is 0.919. The molecule has 1 heterocycles. The fourth-order valence-electron chi connectivity index (χ4n) is 3.22. The van der Waals surface area contributed by atoms with Crippen molar-refractivity contribution in [1.82, 2.24) is 0 Å². The number of para-hydroxylation sites is 2. The lowest BCUT2D eigenvalue weighted by Crippen LogP contribution is -2.43. The van der Waals surface area contributed by atoms with Crippen LogP contribution in [0.25, 0.3) is 0 Å². The molecule has 0 aromatic heterocycles. The van der Waals surface area contributed by atoms with E-state index in [4.69, 9.17) is 11.6 Å². The van der Waals surface area contributed by atoms with E-state index in [1.807, 2.05) is 48.5 Å². The van der Waals surface area contributed by atoms with Crippen molar-refractivity contribution in [3.05, 3.63) is 59.1 Å². The second kappa shape index (κ2) is 5.39. The Hall–Kier alpha value is -2.33. The number of amides is 2. The van der Waals surface area contributed by atoms with Gasteiger partial charge in [0.25, 0.3) is 0 Å². The Morgan fingerprint density at radius 1 is 1.13 bits per heavy atom. The van der Waals surface area contributed by atoms with Crippen LogP contribution in [0.15, 0.2) is 48.5 Å². The number of nitrogens with one attached hydrogen (secondary N) is 1. The number of anilines is 2.